The van der Waals surface area contributed by atoms with Crippen molar-refractivity contribution in [2.75, 3.05) is 6.61 Å². The molecule has 0 amide bonds. The summed E-state index contributed by atoms with van der Waals surface area (Å²) in [5, 5.41) is 12.0. The molecule has 0 radical (unpaired) electrons. The van der Waals surface area contributed by atoms with E-state index in [4.69, 9.17) is 9.84 Å². The molecule has 1 heterocycles. The number of carboxylic acids is 1. The summed E-state index contributed by atoms with van der Waals surface area (Å²) >= 11 is 0. The summed E-state index contributed by atoms with van der Waals surface area (Å²) in [4.78, 5) is 10.9. The van der Waals surface area contributed by atoms with Crippen LogP contribution in [-0.2, 0) is 9.53 Å². The van der Waals surface area contributed by atoms with Crippen molar-refractivity contribution in [1.82, 2.24) is 5.32 Å². The monoisotopic (exact) mass is 201 g/mol. The summed E-state index contributed by atoms with van der Waals surface area (Å²) in [7, 11) is 0. The second-order valence-electron chi connectivity index (χ2n) is 4.08. The van der Waals surface area contributed by atoms with E-state index in [0.29, 0.717) is 0 Å². The summed E-state index contributed by atoms with van der Waals surface area (Å²) in [5.41, 5.74) is 0. The maximum atomic E-state index is 10.9. The Bertz CT molecular complexity index is 188. The Kier molecular flexibility index (Phi) is 4.35. The lowest BCUT2D eigenvalue weighted by Gasteiger charge is -2.28. The number of aliphatic carboxylic acids is 1. The van der Waals surface area contributed by atoms with Crippen LogP contribution >= 0.6 is 0 Å². The van der Waals surface area contributed by atoms with Gasteiger partial charge >= 0.3 is 5.97 Å². The lowest BCUT2D eigenvalue weighted by atomic mass is 10.0. The van der Waals surface area contributed by atoms with Crippen molar-refractivity contribution in [2.24, 2.45) is 5.92 Å². The first-order chi connectivity index (χ1) is 6.61. The molecular weight excluding hydrogens is 182 g/mol. The largest absolute Gasteiger partial charge is 0.480 e. The van der Waals surface area contributed by atoms with Crippen LogP contribution in [0.3, 0.4) is 0 Å². The van der Waals surface area contributed by atoms with Gasteiger partial charge in [-0.3, -0.25) is 10.1 Å². The molecule has 1 saturated heterocycles. The minimum Gasteiger partial charge on any atom is -0.480 e. The Labute approximate surface area is 84.6 Å². The Morgan fingerprint density at radius 3 is 2.64 bits per heavy atom. The van der Waals surface area contributed by atoms with Gasteiger partial charge in [0.25, 0.3) is 0 Å². The highest BCUT2D eigenvalue weighted by Crippen LogP contribution is 2.13. The van der Waals surface area contributed by atoms with Gasteiger partial charge in [0, 0.05) is 6.61 Å². The predicted molar refractivity (Wildman–Crippen MR) is 53.0 cm³/mol. The van der Waals surface area contributed by atoms with Crippen molar-refractivity contribution < 1.29 is 14.6 Å². The number of carbonyl (C=O) groups is 1. The van der Waals surface area contributed by atoms with Crippen LogP contribution in [0.4, 0.5) is 0 Å². The van der Waals surface area contributed by atoms with Gasteiger partial charge in [0.2, 0.25) is 0 Å². The number of rotatable bonds is 4. The minimum absolute atomic E-state index is 0.0766. The normalized spacial score (nSPS) is 24.9. The number of hydrogen-bond donors (Lipinski definition) is 2. The third-order valence-corrected chi connectivity index (χ3v) is 2.48. The molecule has 2 unspecified atom stereocenters. The van der Waals surface area contributed by atoms with Gasteiger partial charge in [0.15, 0.2) is 0 Å². The second-order valence-corrected chi connectivity index (χ2v) is 4.08. The molecule has 4 heteroatoms. The molecule has 1 rings (SSSR count). The zero-order chi connectivity index (χ0) is 10.6. The summed E-state index contributed by atoms with van der Waals surface area (Å²) < 4.78 is 5.43. The molecule has 0 spiro atoms. The fourth-order valence-electron chi connectivity index (χ4n) is 1.62. The highest BCUT2D eigenvalue weighted by Gasteiger charge is 2.25. The molecule has 4 nitrogen and oxygen atoms in total. The highest BCUT2D eigenvalue weighted by atomic mass is 16.5. The molecule has 82 valence electrons. The Hall–Kier alpha value is -0.610. The molecule has 2 atom stereocenters. The molecule has 14 heavy (non-hydrogen) atoms. The molecule has 0 aromatic heterocycles. The van der Waals surface area contributed by atoms with Crippen LogP contribution in [-0.4, -0.2) is 30.0 Å². The van der Waals surface area contributed by atoms with Gasteiger partial charge in [-0.2, -0.15) is 0 Å². The van der Waals surface area contributed by atoms with Gasteiger partial charge < -0.3 is 9.84 Å². The van der Waals surface area contributed by atoms with E-state index in [1.165, 1.54) is 0 Å². The van der Waals surface area contributed by atoms with Crippen LogP contribution in [0.5, 0.6) is 0 Å². The van der Waals surface area contributed by atoms with E-state index in [-0.39, 0.29) is 12.1 Å². The van der Waals surface area contributed by atoms with Crippen LogP contribution in [0.1, 0.15) is 33.1 Å². The molecule has 0 aliphatic carbocycles. The average Bonchev–Trinajstić information content (AvgIpc) is 2.15. The van der Waals surface area contributed by atoms with Crippen LogP contribution in [0.2, 0.25) is 0 Å². The standard InChI is InChI=1S/C10H19NO3/c1-7(2)9(10(12)13)11-8-5-3-4-6-14-8/h7-9,11H,3-6H2,1-2H3,(H,12,13). The van der Waals surface area contributed by atoms with Gasteiger partial charge in [-0.05, 0) is 25.2 Å². The Morgan fingerprint density at radius 1 is 1.50 bits per heavy atom. The predicted octanol–water partition coefficient (Wildman–Crippen LogP) is 1.21. The molecule has 1 fully saturated rings. The lowest BCUT2D eigenvalue weighted by molar-refractivity contribution is -0.142. The fourth-order valence-corrected chi connectivity index (χ4v) is 1.62. The zero-order valence-electron chi connectivity index (χ0n) is 8.82. The van der Waals surface area contributed by atoms with Crippen molar-refractivity contribution in [3.05, 3.63) is 0 Å². The summed E-state index contributed by atoms with van der Waals surface area (Å²) in [6, 6.07) is -0.502. The van der Waals surface area contributed by atoms with Gasteiger partial charge in [-0.15, -0.1) is 0 Å². The molecule has 1 aliphatic heterocycles. The van der Waals surface area contributed by atoms with Crippen LogP contribution in [0.25, 0.3) is 0 Å². The maximum Gasteiger partial charge on any atom is 0.321 e. The van der Waals surface area contributed by atoms with Gasteiger partial charge in [-0.25, -0.2) is 0 Å². The van der Waals surface area contributed by atoms with E-state index in [0.717, 1.165) is 25.9 Å². The van der Waals surface area contributed by atoms with E-state index >= 15 is 0 Å². The second kappa shape index (κ2) is 5.32. The van der Waals surface area contributed by atoms with Crippen molar-refractivity contribution in [1.29, 1.82) is 0 Å². The first kappa shape index (κ1) is 11.5. The molecule has 1 aliphatic rings. The SMILES string of the molecule is CC(C)C(NC1CCCCO1)C(=O)O. The van der Waals surface area contributed by atoms with Crippen LogP contribution < -0.4 is 5.32 Å². The molecule has 0 aromatic rings. The Balaban J connectivity index is 2.41. The Morgan fingerprint density at radius 2 is 2.21 bits per heavy atom. The first-order valence-electron chi connectivity index (χ1n) is 5.21. The third-order valence-electron chi connectivity index (χ3n) is 2.48. The van der Waals surface area contributed by atoms with E-state index in [2.05, 4.69) is 5.32 Å². The van der Waals surface area contributed by atoms with E-state index in [1.54, 1.807) is 0 Å². The van der Waals surface area contributed by atoms with Crippen molar-refractivity contribution >= 4 is 5.97 Å². The summed E-state index contributed by atoms with van der Waals surface area (Å²) in [5.74, 6) is -0.716. The lowest BCUT2D eigenvalue weighted by Crippen LogP contribution is -2.48. The molecule has 0 bridgehead atoms. The number of nitrogens with one attached hydrogen (secondary N) is 1. The molecule has 0 aromatic carbocycles. The van der Waals surface area contributed by atoms with Crippen LogP contribution in [0, 0.1) is 5.92 Å². The first-order valence-corrected chi connectivity index (χ1v) is 5.21. The quantitative estimate of drug-likeness (QED) is 0.718. The summed E-state index contributed by atoms with van der Waals surface area (Å²) in [6.07, 6.45) is 3.03. The third kappa shape index (κ3) is 3.27. The zero-order valence-corrected chi connectivity index (χ0v) is 8.82. The van der Waals surface area contributed by atoms with Crippen molar-refractivity contribution in [2.45, 2.75) is 45.4 Å². The smallest absolute Gasteiger partial charge is 0.321 e. The van der Waals surface area contributed by atoms with Crippen LogP contribution in [0.15, 0.2) is 0 Å². The van der Waals surface area contributed by atoms with Crippen molar-refractivity contribution in [3.8, 4) is 0 Å². The van der Waals surface area contributed by atoms with Gasteiger partial charge in [-0.1, -0.05) is 13.8 Å². The maximum absolute atomic E-state index is 10.9. The fraction of sp³-hybridized carbons (Fsp3) is 0.900. The topological polar surface area (TPSA) is 58.6 Å². The number of carboxylic acid groups (broad SMARTS) is 1. The van der Waals surface area contributed by atoms with Gasteiger partial charge in [0.05, 0.1) is 0 Å². The number of ether oxygens (including phenoxy) is 1. The average molecular weight is 201 g/mol. The molecular formula is C10H19NO3. The summed E-state index contributed by atoms with van der Waals surface area (Å²) in [6.45, 7) is 4.53. The van der Waals surface area contributed by atoms with E-state index in [1.807, 2.05) is 13.8 Å². The van der Waals surface area contributed by atoms with E-state index < -0.39 is 12.0 Å². The molecule has 2 N–H and O–H groups in total. The minimum atomic E-state index is -0.797. The highest BCUT2D eigenvalue weighted by molar-refractivity contribution is 5.73. The molecule has 0 saturated carbocycles. The number of hydrogen-bond acceptors (Lipinski definition) is 3. The van der Waals surface area contributed by atoms with Gasteiger partial charge in [0.1, 0.15) is 12.3 Å². The van der Waals surface area contributed by atoms with E-state index in [9.17, 15) is 4.79 Å². The van der Waals surface area contributed by atoms with Crippen molar-refractivity contribution in [3.63, 3.8) is 0 Å².